The molecular weight excluding hydrogens is 376 g/mol. The van der Waals surface area contributed by atoms with Gasteiger partial charge in [-0.2, -0.15) is 0 Å². The van der Waals surface area contributed by atoms with Crippen LogP contribution in [0.3, 0.4) is 0 Å². The summed E-state index contributed by atoms with van der Waals surface area (Å²) in [6, 6.07) is 1.27. The van der Waals surface area contributed by atoms with E-state index in [1.54, 1.807) is 46.8 Å². The molecule has 0 aliphatic rings. The highest BCUT2D eigenvalue weighted by molar-refractivity contribution is 5.89. The second-order valence-corrected chi connectivity index (χ2v) is 8.05. The average molecular weight is 408 g/mol. The van der Waals surface area contributed by atoms with E-state index in [9.17, 15) is 19.5 Å². The van der Waals surface area contributed by atoms with Crippen molar-refractivity contribution in [3.05, 3.63) is 28.8 Å². The van der Waals surface area contributed by atoms with E-state index in [2.05, 4.69) is 10.6 Å². The van der Waals surface area contributed by atoms with Gasteiger partial charge in [0.1, 0.15) is 17.4 Å². The third-order valence-corrected chi connectivity index (χ3v) is 4.21. The number of hydrogen-bond donors (Lipinski definition) is 5. The van der Waals surface area contributed by atoms with Crippen molar-refractivity contribution >= 4 is 17.9 Å². The summed E-state index contributed by atoms with van der Waals surface area (Å²) in [7, 11) is 0. The molecule has 0 fully saturated rings. The number of carbonyl (C=O) groups is 3. The third-order valence-electron chi connectivity index (χ3n) is 4.21. The van der Waals surface area contributed by atoms with Gasteiger partial charge in [-0.3, -0.25) is 9.59 Å². The fourth-order valence-electron chi connectivity index (χ4n) is 2.77. The van der Waals surface area contributed by atoms with Crippen LogP contribution < -0.4 is 22.1 Å². The van der Waals surface area contributed by atoms with Crippen LogP contribution in [0.5, 0.6) is 5.75 Å². The zero-order valence-corrected chi connectivity index (χ0v) is 17.7. The third kappa shape index (κ3) is 8.39. The van der Waals surface area contributed by atoms with Gasteiger partial charge >= 0.3 is 6.09 Å². The first kappa shape index (κ1) is 24.2. The average Bonchev–Trinajstić information content (AvgIpc) is 2.54. The van der Waals surface area contributed by atoms with Gasteiger partial charge in [-0.15, -0.1) is 0 Å². The lowest BCUT2D eigenvalue weighted by molar-refractivity contribution is -0.128. The van der Waals surface area contributed by atoms with Gasteiger partial charge < -0.3 is 31.9 Å². The number of rotatable bonds is 8. The van der Waals surface area contributed by atoms with Gasteiger partial charge in [0.2, 0.25) is 11.8 Å². The first-order valence-corrected chi connectivity index (χ1v) is 9.41. The number of phenolic OH excluding ortho intramolecular Hbond substituents is 1. The van der Waals surface area contributed by atoms with E-state index in [0.717, 1.165) is 16.7 Å². The lowest BCUT2D eigenvalue weighted by Crippen LogP contribution is -2.52. The zero-order chi connectivity index (χ0) is 22.4. The number of benzene rings is 1. The Hall–Kier alpha value is -2.81. The van der Waals surface area contributed by atoms with E-state index in [-0.39, 0.29) is 25.1 Å². The van der Waals surface area contributed by atoms with Crippen molar-refractivity contribution in [1.29, 1.82) is 0 Å². The van der Waals surface area contributed by atoms with Crippen LogP contribution in [0.2, 0.25) is 0 Å². The van der Waals surface area contributed by atoms with E-state index in [1.807, 2.05) is 0 Å². The second kappa shape index (κ2) is 10.1. The van der Waals surface area contributed by atoms with E-state index < -0.39 is 35.6 Å². The number of alkyl carbamates (subject to hydrolysis) is 1. The van der Waals surface area contributed by atoms with Gasteiger partial charge in [-0.1, -0.05) is 0 Å². The van der Waals surface area contributed by atoms with Crippen molar-refractivity contribution in [2.24, 2.45) is 11.5 Å². The maximum Gasteiger partial charge on any atom is 0.407 e. The molecule has 0 saturated carbocycles. The van der Waals surface area contributed by atoms with Gasteiger partial charge in [-0.05, 0) is 69.9 Å². The topological polar surface area (TPSA) is 157 Å². The van der Waals surface area contributed by atoms with Crippen molar-refractivity contribution in [1.82, 2.24) is 10.6 Å². The molecular formula is C20H32N4O5. The Morgan fingerprint density at radius 3 is 2.21 bits per heavy atom. The molecule has 0 spiro atoms. The molecule has 0 saturated heterocycles. The SMILES string of the molecule is Cc1cc(O)cc(C)c1CC(NC(=O)C(N)CCNC(=O)OC(C)(C)C)C(N)=O. The normalized spacial score (nSPS) is 13.3. The Bertz CT molecular complexity index is 735. The number of aromatic hydroxyl groups is 1. The molecule has 162 valence electrons. The maximum atomic E-state index is 12.3. The van der Waals surface area contributed by atoms with Crippen molar-refractivity contribution in [3.8, 4) is 5.75 Å². The van der Waals surface area contributed by atoms with E-state index >= 15 is 0 Å². The first-order chi connectivity index (χ1) is 13.3. The Balaban J connectivity index is 2.64. The Morgan fingerprint density at radius 1 is 1.17 bits per heavy atom. The van der Waals surface area contributed by atoms with Crippen molar-refractivity contribution < 1.29 is 24.2 Å². The van der Waals surface area contributed by atoms with Crippen LogP contribution >= 0.6 is 0 Å². The molecule has 29 heavy (non-hydrogen) atoms. The molecule has 1 aromatic rings. The summed E-state index contributed by atoms with van der Waals surface area (Å²) in [6.45, 7) is 8.97. The van der Waals surface area contributed by atoms with Gasteiger partial charge in [0, 0.05) is 13.0 Å². The van der Waals surface area contributed by atoms with Crippen LogP contribution in [0.25, 0.3) is 0 Å². The Morgan fingerprint density at radius 2 is 1.72 bits per heavy atom. The molecule has 9 heteroatoms. The largest absolute Gasteiger partial charge is 0.508 e. The minimum absolute atomic E-state index is 0.128. The van der Waals surface area contributed by atoms with Crippen LogP contribution in [0.15, 0.2) is 12.1 Å². The zero-order valence-electron chi connectivity index (χ0n) is 17.7. The molecule has 2 unspecified atom stereocenters. The number of phenols is 1. The van der Waals surface area contributed by atoms with Crippen LogP contribution in [0, 0.1) is 13.8 Å². The van der Waals surface area contributed by atoms with Crippen LogP contribution in [-0.2, 0) is 20.7 Å². The molecule has 7 N–H and O–H groups in total. The first-order valence-electron chi connectivity index (χ1n) is 9.41. The number of aryl methyl sites for hydroxylation is 2. The highest BCUT2D eigenvalue weighted by Crippen LogP contribution is 2.22. The molecule has 9 nitrogen and oxygen atoms in total. The second-order valence-electron chi connectivity index (χ2n) is 8.05. The number of ether oxygens (including phenoxy) is 1. The highest BCUT2D eigenvalue weighted by atomic mass is 16.6. The van der Waals surface area contributed by atoms with Gasteiger partial charge in [0.05, 0.1) is 6.04 Å². The number of carbonyl (C=O) groups excluding carboxylic acids is 3. The molecule has 1 aromatic carbocycles. The van der Waals surface area contributed by atoms with Crippen LogP contribution in [0.1, 0.15) is 43.9 Å². The minimum atomic E-state index is -0.950. The standard InChI is InChI=1S/C20H32N4O5/c1-11-8-13(25)9-12(2)14(11)10-16(17(22)26)24-18(27)15(21)6-7-23-19(28)29-20(3,4)5/h8-9,15-16,25H,6-7,10,21H2,1-5H3,(H2,22,26)(H,23,28)(H,24,27). The number of amides is 3. The summed E-state index contributed by atoms with van der Waals surface area (Å²) < 4.78 is 5.10. The lowest BCUT2D eigenvalue weighted by Gasteiger charge is -2.21. The van der Waals surface area contributed by atoms with Gasteiger partial charge in [0.15, 0.2) is 0 Å². The summed E-state index contributed by atoms with van der Waals surface area (Å²) in [5.41, 5.74) is 13.1. The molecule has 0 aromatic heterocycles. The quantitative estimate of drug-likeness (QED) is 0.427. The number of nitrogens with two attached hydrogens (primary N) is 2. The Kier molecular flexibility index (Phi) is 8.44. The molecule has 0 radical (unpaired) electrons. The monoisotopic (exact) mass is 408 g/mol. The van der Waals surface area contributed by atoms with Crippen molar-refractivity contribution in [2.75, 3.05) is 6.54 Å². The molecule has 0 heterocycles. The maximum absolute atomic E-state index is 12.3. The number of nitrogens with one attached hydrogen (secondary N) is 2. The fourth-order valence-corrected chi connectivity index (χ4v) is 2.77. The van der Waals surface area contributed by atoms with Gasteiger partial charge in [-0.25, -0.2) is 4.79 Å². The van der Waals surface area contributed by atoms with Crippen LogP contribution in [-0.4, -0.2) is 47.2 Å². The van der Waals surface area contributed by atoms with E-state index in [1.165, 1.54) is 0 Å². The predicted octanol–water partition coefficient (Wildman–Crippen LogP) is 0.764. The van der Waals surface area contributed by atoms with Gasteiger partial charge in [0.25, 0.3) is 0 Å². The van der Waals surface area contributed by atoms with Crippen molar-refractivity contribution in [3.63, 3.8) is 0 Å². The summed E-state index contributed by atoms with van der Waals surface area (Å²) in [5.74, 6) is -1.11. The summed E-state index contributed by atoms with van der Waals surface area (Å²) >= 11 is 0. The molecule has 0 aliphatic carbocycles. The Labute approximate surface area is 171 Å². The molecule has 0 bridgehead atoms. The van der Waals surface area contributed by atoms with Crippen molar-refractivity contribution in [2.45, 2.75) is 65.1 Å². The molecule has 3 amide bonds. The van der Waals surface area contributed by atoms with E-state index in [0.29, 0.717) is 0 Å². The smallest absolute Gasteiger partial charge is 0.407 e. The summed E-state index contributed by atoms with van der Waals surface area (Å²) in [6.07, 6.45) is -0.256. The molecule has 1 rings (SSSR count). The van der Waals surface area contributed by atoms with E-state index in [4.69, 9.17) is 16.2 Å². The molecule has 2 atom stereocenters. The number of hydrogen-bond acceptors (Lipinski definition) is 6. The molecule has 0 aliphatic heterocycles. The highest BCUT2D eigenvalue weighted by Gasteiger charge is 2.24. The lowest BCUT2D eigenvalue weighted by atomic mass is 9.95. The summed E-state index contributed by atoms with van der Waals surface area (Å²) in [4.78, 5) is 35.8. The predicted molar refractivity (Wildman–Crippen MR) is 109 cm³/mol. The van der Waals surface area contributed by atoms with Crippen LogP contribution in [0.4, 0.5) is 4.79 Å². The summed E-state index contributed by atoms with van der Waals surface area (Å²) in [5, 5.41) is 14.7. The minimum Gasteiger partial charge on any atom is -0.508 e. The number of primary amides is 1. The fraction of sp³-hybridized carbons (Fsp3) is 0.550.